The van der Waals surface area contributed by atoms with Crippen LogP contribution in [0.1, 0.15) is 5.56 Å². The molecule has 0 fully saturated rings. The van der Waals surface area contributed by atoms with E-state index in [1.807, 2.05) is 47.2 Å². The van der Waals surface area contributed by atoms with E-state index >= 15 is 0 Å². The molecule has 0 saturated carbocycles. The van der Waals surface area contributed by atoms with Crippen molar-refractivity contribution in [1.82, 2.24) is 35.2 Å². The van der Waals surface area contributed by atoms with Crippen molar-refractivity contribution in [1.29, 1.82) is 0 Å². The Balaban J connectivity index is 1.52. The van der Waals surface area contributed by atoms with Crippen LogP contribution >= 0.6 is 11.6 Å². The van der Waals surface area contributed by atoms with Gasteiger partial charge in [-0.25, -0.2) is 4.98 Å². The van der Waals surface area contributed by atoms with E-state index in [9.17, 15) is 0 Å². The molecule has 3 heterocycles. The van der Waals surface area contributed by atoms with Crippen LogP contribution in [0.2, 0.25) is 5.02 Å². The maximum absolute atomic E-state index is 6.20. The summed E-state index contributed by atoms with van der Waals surface area (Å²) in [7, 11) is 0. The molecule has 3 aromatic heterocycles. The molecule has 0 bridgehead atoms. The smallest absolute Gasteiger partial charge is 0.204 e. The lowest BCUT2D eigenvalue weighted by molar-refractivity contribution is 0.696. The first kappa shape index (κ1) is 15.5. The van der Waals surface area contributed by atoms with Crippen molar-refractivity contribution >= 4 is 11.6 Å². The Morgan fingerprint density at radius 2 is 2.00 bits per heavy atom. The van der Waals surface area contributed by atoms with Crippen molar-refractivity contribution in [2.24, 2.45) is 0 Å². The minimum absolute atomic E-state index is 0.529. The summed E-state index contributed by atoms with van der Waals surface area (Å²) < 4.78 is 2.03. The van der Waals surface area contributed by atoms with E-state index in [0.29, 0.717) is 5.82 Å². The van der Waals surface area contributed by atoms with Crippen LogP contribution in [0.25, 0.3) is 22.8 Å². The van der Waals surface area contributed by atoms with Gasteiger partial charge in [0.15, 0.2) is 0 Å². The molecule has 0 spiro atoms. The first-order valence-corrected chi connectivity index (χ1v) is 8.13. The zero-order valence-electron chi connectivity index (χ0n) is 13.2. The van der Waals surface area contributed by atoms with Crippen LogP contribution < -0.4 is 0 Å². The maximum atomic E-state index is 6.20. The Bertz CT molecular complexity index is 978. The number of aryl methyl sites for hydroxylation is 2. The van der Waals surface area contributed by atoms with Gasteiger partial charge in [-0.05, 0) is 35.4 Å². The fraction of sp³-hybridized carbons (Fsp3) is 0.118. The fourth-order valence-corrected chi connectivity index (χ4v) is 2.79. The Morgan fingerprint density at radius 3 is 2.84 bits per heavy atom. The van der Waals surface area contributed by atoms with Crippen LogP contribution in [0.4, 0.5) is 0 Å². The van der Waals surface area contributed by atoms with Gasteiger partial charge >= 0.3 is 0 Å². The van der Waals surface area contributed by atoms with Gasteiger partial charge in [0.25, 0.3) is 0 Å². The number of benzene rings is 1. The summed E-state index contributed by atoms with van der Waals surface area (Å²) in [6.45, 7) is 0.793. The second kappa shape index (κ2) is 6.82. The number of hydrogen-bond donors (Lipinski definition) is 1. The highest BCUT2D eigenvalue weighted by Gasteiger charge is 2.09. The number of nitrogens with zero attached hydrogens (tertiary/aromatic N) is 6. The number of aromatic amines is 1. The first-order chi connectivity index (χ1) is 12.3. The summed E-state index contributed by atoms with van der Waals surface area (Å²) >= 11 is 6.20. The minimum atomic E-state index is 0.529. The van der Waals surface area contributed by atoms with Crippen LogP contribution in [0, 0.1) is 0 Å². The van der Waals surface area contributed by atoms with Crippen molar-refractivity contribution < 1.29 is 0 Å². The zero-order valence-corrected chi connectivity index (χ0v) is 13.9. The Hall–Kier alpha value is -3.06. The number of hydrogen-bond acceptors (Lipinski definition) is 5. The van der Waals surface area contributed by atoms with E-state index < -0.39 is 0 Å². The molecule has 124 valence electrons. The van der Waals surface area contributed by atoms with Gasteiger partial charge in [0.05, 0.1) is 12.0 Å². The lowest BCUT2D eigenvalue weighted by Crippen LogP contribution is -1.98. The lowest BCUT2D eigenvalue weighted by atomic mass is 10.1. The molecular weight excluding hydrogens is 338 g/mol. The predicted octanol–water partition coefficient (Wildman–Crippen LogP) is 3.02. The van der Waals surface area contributed by atoms with Crippen LogP contribution in [0.5, 0.6) is 0 Å². The second-order valence-electron chi connectivity index (χ2n) is 5.50. The Labute approximate surface area is 148 Å². The zero-order chi connectivity index (χ0) is 17.1. The quantitative estimate of drug-likeness (QED) is 0.597. The highest BCUT2D eigenvalue weighted by Crippen LogP contribution is 2.21. The molecule has 0 unspecified atom stereocenters. The third-order valence-corrected chi connectivity index (χ3v) is 4.23. The van der Waals surface area contributed by atoms with Gasteiger partial charge in [-0.15, -0.1) is 10.2 Å². The van der Waals surface area contributed by atoms with Gasteiger partial charge < -0.3 is 4.57 Å². The molecule has 1 aromatic carbocycles. The summed E-state index contributed by atoms with van der Waals surface area (Å²) in [5.41, 5.74) is 3.52. The number of halogens is 1. The van der Waals surface area contributed by atoms with Gasteiger partial charge in [0.2, 0.25) is 5.82 Å². The van der Waals surface area contributed by atoms with Crippen LogP contribution in [0.3, 0.4) is 0 Å². The predicted molar refractivity (Wildman–Crippen MR) is 93.8 cm³/mol. The van der Waals surface area contributed by atoms with Crippen molar-refractivity contribution in [3.63, 3.8) is 0 Å². The lowest BCUT2D eigenvalue weighted by Gasteiger charge is -2.04. The summed E-state index contributed by atoms with van der Waals surface area (Å²) in [6.07, 6.45) is 6.32. The van der Waals surface area contributed by atoms with Crippen LogP contribution in [-0.4, -0.2) is 35.2 Å². The van der Waals surface area contributed by atoms with E-state index in [4.69, 9.17) is 11.6 Å². The normalized spacial score (nSPS) is 10.9. The summed E-state index contributed by atoms with van der Waals surface area (Å²) in [5, 5.41) is 14.8. The molecule has 0 atom stereocenters. The molecule has 0 aliphatic rings. The second-order valence-corrected chi connectivity index (χ2v) is 5.91. The van der Waals surface area contributed by atoms with Crippen molar-refractivity contribution in [3.05, 3.63) is 65.7 Å². The topological polar surface area (TPSA) is 85.2 Å². The SMILES string of the molecule is Clc1ccccc1CCn1cnc(-c2cc(-c3nn[nH]n3)ccn2)c1. The number of nitrogens with one attached hydrogen (secondary N) is 1. The van der Waals surface area contributed by atoms with Gasteiger partial charge in [-0.2, -0.15) is 5.21 Å². The molecule has 0 amide bonds. The molecule has 25 heavy (non-hydrogen) atoms. The molecule has 0 aliphatic carbocycles. The number of rotatable bonds is 5. The average Bonchev–Trinajstić information content (AvgIpc) is 3.33. The van der Waals surface area contributed by atoms with E-state index in [1.54, 1.807) is 12.5 Å². The largest absolute Gasteiger partial charge is 0.336 e. The number of tetrazole rings is 1. The number of imidazole rings is 1. The summed E-state index contributed by atoms with van der Waals surface area (Å²) in [4.78, 5) is 8.83. The molecule has 1 N–H and O–H groups in total. The number of aromatic nitrogens is 7. The molecule has 0 aliphatic heterocycles. The summed E-state index contributed by atoms with van der Waals surface area (Å²) in [5.74, 6) is 0.529. The van der Waals surface area contributed by atoms with Gasteiger partial charge in [-0.3, -0.25) is 4.98 Å². The van der Waals surface area contributed by atoms with Crippen molar-refractivity contribution in [2.45, 2.75) is 13.0 Å². The highest BCUT2D eigenvalue weighted by molar-refractivity contribution is 6.31. The van der Waals surface area contributed by atoms with E-state index in [2.05, 4.69) is 30.6 Å². The molecule has 4 aromatic rings. The molecule has 0 saturated heterocycles. The maximum Gasteiger partial charge on any atom is 0.204 e. The first-order valence-electron chi connectivity index (χ1n) is 7.75. The average molecular weight is 352 g/mol. The standard InChI is InChI=1S/C17H14ClN7/c18-14-4-2-1-3-12(14)6-8-25-10-16(20-11-25)15-9-13(5-7-19-15)17-21-23-24-22-17/h1-5,7,9-11H,6,8H2,(H,21,22,23,24). The fourth-order valence-electron chi connectivity index (χ4n) is 2.56. The summed E-state index contributed by atoms with van der Waals surface area (Å²) in [6, 6.07) is 11.6. The highest BCUT2D eigenvalue weighted by atomic mass is 35.5. The van der Waals surface area contributed by atoms with E-state index in [0.717, 1.165) is 40.5 Å². The van der Waals surface area contributed by atoms with E-state index in [1.165, 1.54) is 0 Å². The molecule has 0 radical (unpaired) electrons. The third kappa shape index (κ3) is 3.41. The van der Waals surface area contributed by atoms with E-state index in [-0.39, 0.29) is 0 Å². The molecule has 7 nitrogen and oxygen atoms in total. The monoisotopic (exact) mass is 351 g/mol. The molecule has 4 rings (SSSR count). The number of H-pyrrole nitrogens is 1. The Kier molecular flexibility index (Phi) is 4.22. The molecule has 8 heteroatoms. The van der Waals surface area contributed by atoms with Crippen molar-refractivity contribution in [2.75, 3.05) is 0 Å². The number of pyridine rings is 1. The van der Waals surface area contributed by atoms with Gasteiger partial charge in [-0.1, -0.05) is 29.8 Å². The van der Waals surface area contributed by atoms with Crippen LogP contribution in [0.15, 0.2) is 55.1 Å². The molecular formula is C17H14ClN7. The van der Waals surface area contributed by atoms with Crippen LogP contribution in [-0.2, 0) is 13.0 Å². The minimum Gasteiger partial charge on any atom is -0.336 e. The third-order valence-electron chi connectivity index (χ3n) is 3.86. The van der Waals surface area contributed by atoms with Crippen molar-refractivity contribution in [3.8, 4) is 22.8 Å². The Morgan fingerprint density at radius 1 is 1.08 bits per heavy atom. The van der Waals surface area contributed by atoms with Gasteiger partial charge in [0.1, 0.15) is 5.69 Å². The van der Waals surface area contributed by atoms with Gasteiger partial charge in [0, 0.05) is 29.5 Å².